The van der Waals surface area contributed by atoms with Crippen LogP contribution in [0.25, 0.3) is 0 Å². The fourth-order valence-electron chi connectivity index (χ4n) is 1.95. The second kappa shape index (κ2) is 7.09. The number of hydrogen-bond donors (Lipinski definition) is 3. The van der Waals surface area contributed by atoms with Gasteiger partial charge in [0.1, 0.15) is 0 Å². The molecule has 7 heteroatoms. The van der Waals surface area contributed by atoms with Crippen LogP contribution >= 0.6 is 11.6 Å². The van der Waals surface area contributed by atoms with Gasteiger partial charge in [-0.1, -0.05) is 31.0 Å². The van der Waals surface area contributed by atoms with Crippen LogP contribution in [0, 0.1) is 6.92 Å². The number of nitrogens with two attached hydrogens (primary N) is 1. The number of benzene rings is 1. The number of aromatic amines is 1. The van der Waals surface area contributed by atoms with Crippen LogP contribution in [-0.2, 0) is 6.42 Å². The Balaban J connectivity index is 2.25. The number of aromatic nitrogens is 2. The van der Waals surface area contributed by atoms with Crippen LogP contribution in [0.1, 0.15) is 24.6 Å². The standard InChI is InChI=1S/C15H18ClN5O/c1-3-5-10-8-13(22)20-15(18-10)21-14(17)19-12-7-4-6-11(16)9(12)2/h4,6-8H,3,5H2,1-2H3,(H4,17,18,19,20,21,22). The van der Waals surface area contributed by atoms with Gasteiger partial charge in [0.25, 0.3) is 5.56 Å². The third kappa shape index (κ3) is 4.08. The summed E-state index contributed by atoms with van der Waals surface area (Å²) in [5.74, 6) is 0.308. The second-order valence-electron chi connectivity index (χ2n) is 4.84. The minimum absolute atomic E-state index is 0.127. The highest BCUT2D eigenvalue weighted by molar-refractivity contribution is 6.31. The first-order valence-electron chi connectivity index (χ1n) is 6.96. The van der Waals surface area contributed by atoms with Gasteiger partial charge in [0.2, 0.25) is 11.9 Å². The van der Waals surface area contributed by atoms with Crippen molar-refractivity contribution >= 4 is 29.2 Å². The maximum Gasteiger partial charge on any atom is 0.252 e. The lowest BCUT2D eigenvalue weighted by Gasteiger charge is -2.09. The van der Waals surface area contributed by atoms with E-state index in [2.05, 4.69) is 20.3 Å². The van der Waals surface area contributed by atoms with Gasteiger partial charge in [-0.3, -0.25) is 9.78 Å². The monoisotopic (exact) mass is 319 g/mol. The zero-order chi connectivity index (χ0) is 16.1. The van der Waals surface area contributed by atoms with Crippen LogP contribution in [0.3, 0.4) is 0 Å². The zero-order valence-corrected chi connectivity index (χ0v) is 13.2. The number of guanidine groups is 1. The van der Waals surface area contributed by atoms with Gasteiger partial charge in [-0.05, 0) is 31.0 Å². The topological polar surface area (TPSA) is 96.2 Å². The van der Waals surface area contributed by atoms with Crippen LogP contribution in [0.2, 0.25) is 5.02 Å². The van der Waals surface area contributed by atoms with Gasteiger partial charge in [-0.15, -0.1) is 0 Å². The van der Waals surface area contributed by atoms with E-state index in [4.69, 9.17) is 17.3 Å². The number of halogens is 1. The Morgan fingerprint density at radius 2 is 2.27 bits per heavy atom. The summed E-state index contributed by atoms with van der Waals surface area (Å²) >= 11 is 6.05. The SMILES string of the molecule is CCCc1cc(=O)[nH]c(N=C(N)Nc2cccc(Cl)c2C)n1. The molecule has 1 heterocycles. The molecule has 6 nitrogen and oxygen atoms in total. The number of H-pyrrole nitrogens is 1. The minimum atomic E-state index is -0.246. The average molecular weight is 320 g/mol. The number of aryl methyl sites for hydroxylation is 1. The van der Waals surface area contributed by atoms with E-state index in [1.807, 2.05) is 26.0 Å². The summed E-state index contributed by atoms with van der Waals surface area (Å²) in [6.45, 7) is 3.89. The maximum atomic E-state index is 11.6. The minimum Gasteiger partial charge on any atom is -0.369 e. The molecular weight excluding hydrogens is 302 g/mol. The van der Waals surface area contributed by atoms with Gasteiger partial charge < -0.3 is 11.1 Å². The average Bonchev–Trinajstić information content (AvgIpc) is 2.43. The molecule has 0 fully saturated rings. The predicted molar refractivity (Wildman–Crippen MR) is 89.9 cm³/mol. The molecule has 0 amide bonds. The number of nitrogens with zero attached hydrogens (tertiary/aromatic N) is 2. The first-order chi connectivity index (χ1) is 10.5. The fraction of sp³-hybridized carbons (Fsp3) is 0.267. The molecule has 22 heavy (non-hydrogen) atoms. The zero-order valence-electron chi connectivity index (χ0n) is 12.5. The molecule has 0 saturated carbocycles. The van der Waals surface area contributed by atoms with Gasteiger partial charge >= 0.3 is 0 Å². The third-order valence-electron chi connectivity index (χ3n) is 3.05. The van der Waals surface area contributed by atoms with E-state index in [-0.39, 0.29) is 17.5 Å². The number of anilines is 1. The molecule has 0 aliphatic rings. The molecule has 116 valence electrons. The Labute approximate surface area is 133 Å². The van der Waals surface area contributed by atoms with E-state index in [0.717, 1.165) is 17.7 Å². The van der Waals surface area contributed by atoms with Gasteiger partial charge in [-0.2, -0.15) is 4.99 Å². The van der Waals surface area contributed by atoms with E-state index in [1.165, 1.54) is 6.07 Å². The molecule has 2 rings (SSSR count). The smallest absolute Gasteiger partial charge is 0.252 e. The van der Waals surface area contributed by atoms with Crippen molar-refractivity contribution in [1.29, 1.82) is 0 Å². The lowest BCUT2D eigenvalue weighted by Crippen LogP contribution is -2.23. The largest absolute Gasteiger partial charge is 0.369 e. The number of nitrogens with one attached hydrogen (secondary N) is 2. The highest BCUT2D eigenvalue weighted by Gasteiger charge is 2.04. The summed E-state index contributed by atoms with van der Waals surface area (Å²) in [6.07, 6.45) is 1.61. The van der Waals surface area contributed by atoms with Gasteiger partial charge in [0.15, 0.2) is 0 Å². The summed E-state index contributed by atoms with van der Waals surface area (Å²) in [4.78, 5) is 22.5. The Kier molecular flexibility index (Phi) is 5.16. The van der Waals surface area contributed by atoms with Crippen molar-refractivity contribution in [2.24, 2.45) is 10.7 Å². The van der Waals surface area contributed by atoms with Crippen molar-refractivity contribution in [2.45, 2.75) is 26.7 Å². The molecular formula is C15H18ClN5O. The highest BCUT2D eigenvalue weighted by atomic mass is 35.5. The molecule has 0 saturated heterocycles. The summed E-state index contributed by atoms with van der Waals surface area (Å²) in [7, 11) is 0. The molecule has 0 aliphatic carbocycles. The Bertz CT molecular complexity index is 754. The second-order valence-corrected chi connectivity index (χ2v) is 5.25. The van der Waals surface area contributed by atoms with Crippen molar-refractivity contribution in [3.8, 4) is 0 Å². The fourth-order valence-corrected chi connectivity index (χ4v) is 2.13. The molecule has 0 radical (unpaired) electrons. The molecule has 1 aromatic carbocycles. The van der Waals surface area contributed by atoms with E-state index in [9.17, 15) is 4.79 Å². The molecule has 2 aromatic rings. The summed E-state index contributed by atoms with van der Waals surface area (Å²) in [5, 5.41) is 3.59. The van der Waals surface area contributed by atoms with Crippen LogP contribution < -0.4 is 16.6 Å². The predicted octanol–water partition coefficient (Wildman–Crippen LogP) is 2.74. The van der Waals surface area contributed by atoms with Crippen LogP contribution in [0.15, 0.2) is 34.1 Å². The van der Waals surface area contributed by atoms with Gasteiger partial charge in [0, 0.05) is 22.5 Å². The Hall–Kier alpha value is -2.34. The van der Waals surface area contributed by atoms with Crippen molar-refractivity contribution in [3.05, 3.63) is 50.9 Å². The van der Waals surface area contributed by atoms with Crippen LogP contribution in [-0.4, -0.2) is 15.9 Å². The number of rotatable bonds is 4. The van der Waals surface area contributed by atoms with Crippen LogP contribution in [0.5, 0.6) is 0 Å². The molecule has 4 N–H and O–H groups in total. The lowest BCUT2D eigenvalue weighted by atomic mass is 10.2. The Morgan fingerprint density at radius 1 is 1.50 bits per heavy atom. The Morgan fingerprint density at radius 3 is 3.00 bits per heavy atom. The van der Waals surface area contributed by atoms with E-state index in [1.54, 1.807) is 6.07 Å². The quantitative estimate of drug-likeness (QED) is 0.596. The molecule has 0 bridgehead atoms. The summed E-state index contributed by atoms with van der Waals surface area (Å²) in [5.41, 5.74) is 7.92. The first kappa shape index (κ1) is 16.0. The van der Waals surface area contributed by atoms with Gasteiger partial charge in [0.05, 0.1) is 0 Å². The van der Waals surface area contributed by atoms with E-state index < -0.39 is 0 Å². The molecule has 1 aromatic heterocycles. The highest BCUT2D eigenvalue weighted by Crippen LogP contribution is 2.22. The van der Waals surface area contributed by atoms with E-state index in [0.29, 0.717) is 17.1 Å². The number of hydrogen-bond acceptors (Lipinski definition) is 3. The third-order valence-corrected chi connectivity index (χ3v) is 3.45. The summed E-state index contributed by atoms with van der Waals surface area (Å²) < 4.78 is 0. The summed E-state index contributed by atoms with van der Waals surface area (Å²) in [6, 6.07) is 6.91. The van der Waals surface area contributed by atoms with E-state index >= 15 is 0 Å². The normalized spacial score (nSPS) is 11.5. The molecule has 0 aliphatic heterocycles. The molecule has 0 spiro atoms. The van der Waals surface area contributed by atoms with Crippen LogP contribution in [0.4, 0.5) is 11.6 Å². The molecule has 0 atom stereocenters. The van der Waals surface area contributed by atoms with Gasteiger partial charge in [-0.25, -0.2) is 4.98 Å². The van der Waals surface area contributed by atoms with Crippen molar-refractivity contribution < 1.29 is 0 Å². The molecule has 0 unspecified atom stereocenters. The maximum absolute atomic E-state index is 11.6. The number of aliphatic imine (C=N–C) groups is 1. The lowest BCUT2D eigenvalue weighted by molar-refractivity contribution is 0.866. The van der Waals surface area contributed by atoms with Crippen molar-refractivity contribution in [2.75, 3.05) is 5.32 Å². The van der Waals surface area contributed by atoms with Crippen molar-refractivity contribution in [3.63, 3.8) is 0 Å². The first-order valence-corrected chi connectivity index (χ1v) is 7.34. The van der Waals surface area contributed by atoms with Crippen molar-refractivity contribution in [1.82, 2.24) is 9.97 Å².